The van der Waals surface area contributed by atoms with Crippen molar-refractivity contribution in [1.29, 1.82) is 0 Å². The Hall–Kier alpha value is -1.91. The van der Waals surface area contributed by atoms with Crippen LogP contribution >= 0.6 is 0 Å². The van der Waals surface area contributed by atoms with Crippen molar-refractivity contribution >= 4 is 5.91 Å². The van der Waals surface area contributed by atoms with Gasteiger partial charge in [-0.1, -0.05) is 6.08 Å². The van der Waals surface area contributed by atoms with Crippen molar-refractivity contribution in [3.8, 4) is 0 Å². The zero-order chi connectivity index (χ0) is 10.1. The Labute approximate surface area is 80.1 Å². The lowest BCUT2D eigenvalue weighted by Gasteiger charge is -2.24. The third-order valence-corrected chi connectivity index (χ3v) is 2.12. The molecule has 2 rings (SSSR count). The molecule has 1 N–H and O–H groups in total. The molecule has 1 aliphatic rings. The molecule has 0 saturated heterocycles. The lowest BCUT2D eigenvalue weighted by atomic mass is 10.2. The van der Waals surface area contributed by atoms with Gasteiger partial charge in [-0.2, -0.15) is 4.98 Å². The highest BCUT2D eigenvalue weighted by Gasteiger charge is 2.21. The highest BCUT2D eigenvalue weighted by molar-refractivity contribution is 5.93. The van der Waals surface area contributed by atoms with Crippen molar-refractivity contribution < 1.29 is 4.79 Å². The standard InChI is InChI=1S/C9H9N3O2/c1-2-6-4-12-5-10-8(13)3-7(12)9(14)11-6/h2-3,5-6H,1,4H2,(H,11,14). The molecule has 72 valence electrons. The third kappa shape index (κ3) is 1.32. The van der Waals surface area contributed by atoms with Crippen molar-refractivity contribution in [2.24, 2.45) is 0 Å². The second kappa shape index (κ2) is 3.10. The SMILES string of the molecule is C=CC1Cn2cnc(=O)cc2C(=O)N1. The van der Waals surface area contributed by atoms with E-state index < -0.39 is 5.56 Å². The second-order valence-corrected chi connectivity index (χ2v) is 3.08. The first-order valence-corrected chi connectivity index (χ1v) is 4.20. The number of amides is 1. The van der Waals surface area contributed by atoms with E-state index >= 15 is 0 Å². The lowest BCUT2D eigenvalue weighted by Crippen LogP contribution is -2.44. The van der Waals surface area contributed by atoms with Crippen LogP contribution in [0.15, 0.2) is 29.8 Å². The molecule has 5 heteroatoms. The summed E-state index contributed by atoms with van der Waals surface area (Å²) in [7, 11) is 0. The molecule has 5 nitrogen and oxygen atoms in total. The number of hydrogen-bond acceptors (Lipinski definition) is 3. The van der Waals surface area contributed by atoms with Crippen molar-refractivity contribution in [3.63, 3.8) is 0 Å². The number of rotatable bonds is 1. The zero-order valence-electron chi connectivity index (χ0n) is 7.43. The number of fused-ring (bicyclic) bond motifs is 1. The van der Waals surface area contributed by atoms with Gasteiger partial charge < -0.3 is 9.88 Å². The van der Waals surface area contributed by atoms with Gasteiger partial charge in [-0.3, -0.25) is 9.59 Å². The third-order valence-electron chi connectivity index (χ3n) is 2.12. The zero-order valence-corrected chi connectivity index (χ0v) is 7.43. The predicted molar refractivity (Wildman–Crippen MR) is 49.9 cm³/mol. The first kappa shape index (κ1) is 8.68. The number of carbonyl (C=O) groups excluding carboxylic acids is 1. The van der Waals surface area contributed by atoms with Crippen LogP contribution in [0.5, 0.6) is 0 Å². The monoisotopic (exact) mass is 191 g/mol. The van der Waals surface area contributed by atoms with Gasteiger partial charge in [-0.05, 0) is 0 Å². The fraction of sp³-hybridized carbons (Fsp3) is 0.222. The van der Waals surface area contributed by atoms with E-state index in [4.69, 9.17) is 0 Å². The lowest BCUT2D eigenvalue weighted by molar-refractivity contribution is 0.0910. The maximum atomic E-state index is 11.5. The number of hydrogen-bond donors (Lipinski definition) is 1. The molecule has 0 bridgehead atoms. The van der Waals surface area contributed by atoms with Crippen molar-refractivity contribution in [3.05, 3.63) is 41.1 Å². The van der Waals surface area contributed by atoms with Gasteiger partial charge in [0, 0.05) is 12.6 Å². The first-order valence-electron chi connectivity index (χ1n) is 4.20. The molecule has 0 aliphatic carbocycles. The minimum absolute atomic E-state index is 0.0979. The van der Waals surface area contributed by atoms with Crippen molar-refractivity contribution in [1.82, 2.24) is 14.9 Å². The summed E-state index contributed by atoms with van der Waals surface area (Å²) in [4.78, 5) is 26.0. The molecule has 14 heavy (non-hydrogen) atoms. The van der Waals surface area contributed by atoms with Crippen LogP contribution in [-0.4, -0.2) is 21.5 Å². The van der Waals surface area contributed by atoms with Gasteiger partial charge in [0.25, 0.3) is 11.5 Å². The molecule has 1 aliphatic heterocycles. The average molecular weight is 191 g/mol. The quantitative estimate of drug-likeness (QED) is 0.611. The minimum Gasteiger partial charge on any atom is -0.343 e. The molecular formula is C9H9N3O2. The highest BCUT2D eigenvalue weighted by Crippen LogP contribution is 2.05. The van der Waals surface area contributed by atoms with Crippen LogP contribution in [0.25, 0.3) is 0 Å². The smallest absolute Gasteiger partial charge is 0.273 e. The molecule has 1 atom stereocenters. The minimum atomic E-state index is -0.400. The summed E-state index contributed by atoms with van der Waals surface area (Å²) in [6, 6.07) is 1.13. The van der Waals surface area contributed by atoms with Gasteiger partial charge in [0.15, 0.2) is 0 Å². The summed E-state index contributed by atoms with van der Waals surface area (Å²) < 4.78 is 1.65. The molecule has 0 saturated carbocycles. The number of nitrogens with zero attached hydrogens (tertiary/aromatic N) is 2. The van der Waals surface area contributed by atoms with Gasteiger partial charge in [-0.15, -0.1) is 6.58 Å². The predicted octanol–water partition coefficient (Wildman–Crippen LogP) is -0.459. The highest BCUT2D eigenvalue weighted by atomic mass is 16.2. The van der Waals surface area contributed by atoms with E-state index in [-0.39, 0.29) is 11.9 Å². The number of aromatic nitrogens is 2. The molecule has 0 fully saturated rings. The Morgan fingerprint density at radius 2 is 2.43 bits per heavy atom. The topological polar surface area (TPSA) is 64.0 Å². The largest absolute Gasteiger partial charge is 0.343 e. The normalized spacial score (nSPS) is 19.7. The van der Waals surface area contributed by atoms with Gasteiger partial charge in [0.05, 0.1) is 12.4 Å². The van der Waals surface area contributed by atoms with Crippen LogP contribution in [-0.2, 0) is 6.54 Å². The summed E-state index contributed by atoms with van der Waals surface area (Å²) in [6.45, 7) is 4.17. The second-order valence-electron chi connectivity index (χ2n) is 3.08. The van der Waals surface area contributed by atoms with Crippen LogP contribution < -0.4 is 10.9 Å². The summed E-state index contributed by atoms with van der Waals surface area (Å²) in [5.74, 6) is -0.263. The fourth-order valence-corrected chi connectivity index (χ4v) is 1.40. The van der Waals surface area contributed by atoms with Crippen LogP contribution in [0.2, 0.25) is 0 Å². The number of nitrogens with one attached hydrogen (secondary N) is 1. The summed E-state index contributed by atoms with van der Waals surface area (Å²) in [5.41, 5.74) is -0.0495. The number of carbonyl (C=O) groups is 1. The van der Waals surface area contributed by atoms with E-state index in [0.29, 0.717) is 12.2 Å². The first-order chi connectivity index (χ1) is 6.70. The molecule has 0 spiro atoms. The van der Waals surface area contributed by atoms with E-state index in [1.54, 1.807) is 10.6 Å². The van der Waals surface area contributed by atoms with Crippen LogP contribution in [0.3, 0.4) is 0 Å². The van der Waals surface area contributed by atoms with Gasteiger partial charge in [-0.25, -0.2) is 0 Å². The molecular weight excluding hydrogens is 182 g/mol. The fourth-order valence-electron chi connectivity index (χ4n) is 1.40. The van der Waals surface area contributed by atoms with Crippen LogP contribution in [0.1, 0.15) is 10.5 Å². The molecule has 0 radical (unpaired) electrons. The summed E-state index contributed by atoms with van der Waals surface area (Å²) >= 11 is 0. The van der Waals surface area contributed by atoms with Crippen LogP contribution in [0, 0.1) is 0 Å². The molecule has 1 aromatic rings. The Bertz CT molecular complexity index is 450. The van der Waals surface area contributed by atoms with Gasteiger partial charge >= 0.3 is 0 Å². The maximum Gasteiger partial charge on any atom is 0.273 e. The summed E-state index contributed by atoms with van der Waals surface area (Å²) in [5, 5.41) is 2.70. The molecule has 1 amide bonds. The maximum absolute atomic E-state index is 11.5. The van der Waals surface area contributed by atoms with E-state index in [2.05, 4.69) is 16.9 Å². The summed E-state index contributed by atoms with van der Waals surface area (Å²) in [6.07, 6.45) is 3.03. The van der Waals surface area contributed by atoms with Gasteiger partial charge in [0.1, 0.15) is 5.69 Å². The van der Waals surface area contributed by atoms with E-state index in [1.807, 2.05) is 0 Å². The van der Waals surface area contributed by atoms with E-state index in [9.17, 15) is 9.59 Å². The Balaban J connectivity index is 2.50. The Morgan fingerprint density at radius 3 is 3.14 bits per heavy atom. The Morgan fingerprint density at radius 1 is 1.64 bits per heavy atom. The van der Waals surface area contributed by atoms with Crippen molar-refractivity contribution in [2.45, 2.75) is 12.6 Å². The molecule has 1 aromatic heterocycles. The average Bonchev–Trinajstić information content (AvgIpc) is 2.19. The van der Waals surface area contributed by atoms with Crippen molar-refractivity contribution in [2.75, 3.05) is 0 Å². The van der Waals surface area contributed by atoms with Gasteiger partial charge in [0.2, 0.25) is 0 Å². The molecule has 0 aromatic carbocycles. The van der Waals surface area contributed by atoms with E-state index in [1.165, 1.54) is 12.4 Å². The molecule has 1 unspecified atom stereocenters. The van der Waals surface area contributed by atoms with E-state index in [0.717, 1.165) is 0 Å². The molecule has 2 heterocycles. The van der Waals surface area contributed by atoms with Crippen LogP contribution in [0.4, 0.5) is 0 Å². The Kier molecular flexibility index (Phi) is 1.92.